The molecule has 1 aromatic heterocycles. The summed E-state index contributed by atoms with van der Waals surface area (Å²) >= 11 is 0. The van der Waals surface area contributed by atoms with Crippen molar-refractivity contribution in [2.24, 2.45) is 0 Å². The summed E-state index contributed by atoms with van der Waals surface area (Å²) in [5.41, 5.74) is -0.976. The normalized spacial score (nSPS) is 13.6. The van der Waals surface area contributed by atoms with Crippen LogP contribution in [0.5, 0.6) is 0 Å². The molecule has 1 heterocycles. The van der Waals surface area contributed by atoms with Crippen LogP contribution in [0.15, 0.2) is 12.3 Å². The van der Waals surface area contributed by atoms with E-state index in [-0.39, 0.29) is 18.0 Å². The first kappa shape index (κ1) is 14.9. The number of carbonyl (C=O) groups excluding carboxylic acids is 2. The molecule has 1 aromatic rings. The van der Waals surface area contributed by atoms with Crippen LogP contribution >= 0.6 is 0 Å². The van der Waals surface area contributed by atoms with E-state index in [4.69, 9.17) is 5.11 Å². The molecular weight excluding hydrogens is 252 g/mol. The van der Waals surface area contributed by atoms with Gasteiger partial charge in [-0.05, 0) is 19.9 Å². The van der Waals surface area contributed by atoms with Crippen LogP contribution in [0.25, 0.3) is 0 Å². The third-order valence-corrected chi connectivity index (χ3v) is 2.50. The highest BCUT2D eigenvalue weighted by atomic mass is 16.4. The van der Waals surface area contributed by atoms with Gasteiger partial charge in [0.1, 0.15) is 5.69 Å². The highest BCUT2D eigenvalue weighted by molar-refractivity contribution is 5.99. The Morgan fingerprint density at radius 3 is 2.53 bits per heavy atom. The SMILES string of the molecule is CC(=O)c1c[nH]c(C(=O)NCC(C)(O)CC(=O)O)c1. The Balaban J connectivity index is 2.60. The van der Waals surface area contributed by atoms with E-state index in [2.05, 4.69) is 10.3 Å². The quantitative estimate of drug-likeness (QED) is 0.548. The van der Waals surface area contributed by atoms with Crippen LogP contribution < -0.4 is 5.32 Å². The van der Waals surface area contributed by atoms with Crippen LogP contribution in [0.3, 0.4) is 0 Å². The number of H-pyrrole nitrogens is 1. The zero-order valence-electron chi connectivity index (χ0n) is 10.7. The van der Waals surface area contributed by atoms with E-state index in [0.717, 1.165) is 0 Å². The highest BCUT2D eigenvalue weighted by Crippen LogP contribution is 2.09. The number of Topliss-reactive ketones (excluding diaryl/α,β-unsaturated/α-hetero) is 1. The summed E-state index contributed by atoms with van der Waals surface area (Å²) < 4.78 is 0. The predicted molar refractivity (Wildman–Crippen MR) is 66.0 cm³/mol. The third kappa shape index (κ3) is 4.55. The number of aromatic nitrogens is 1. The van der Waals surface area contributed by atoms with Crippen molar-refractivity contribution in [2.75, 3.05) is 6.54 Å². The molecule has 0 bridgehead atoms. The summed E-state index contributed by atoms with van der Waals surface area (Å²) in [6, 6.07) is 1.39. The van der Waals surface area contributed by atoms with Gasteiger partial charge in [-0.1, -0.05) is 0 Å². The average molecular weight is 268 g/mol. The number of carbonyl (C=O) groups is 3. The molecule has 1 rings (SSSR count). The van der Waals surface area contributed by atoms with Crippen molar-refractivity contribution in [1.82, 2.24) is 10.3 Å². The number of nitrogens with one attached hydrogen (secondary N) is 2. The minimum atomic E-state index is -1.53. The minimum absolute atomic E-state index is 0.173. The summed E-state index contributed by atoms with van der Waals surface area (Å²) in [6.07, 6.45) is 0.934. The largest absolute Gasteiger partial charge is 0.481 e. The maximum absolute atomic E-state index is 11.7. The lowest BCUT2D eigenvalue weighted by atomic mass is 10.0. The molecule has 1 amide bonds. The van der Waals surface area contributed by atoms with E-state index in [1.54, 1.807) is 0 Å². The average Bonchev–Trinajstić information content (AvgIpc) is 2.73. The summed E-state index contributed by atoms with van der Waals surface area (Å²) in [5, 5.41) is 20.7. The highest BCUT2D eigenvalue weighted by Gasteiger charge is 2.25. The van der Waals surface area contributed by atoms with Crippen LogP contribution in [0.4, 0.5) is 0 Å². The second-order valence-corrected chi connectivity index (χ2v) is 4.61. The minimum Gasteiger partial charge on any atom is -0.481 e. The predicted octanol–water partition coefficient (Wildman–Crippen LogP) is 0.173. The van der Waals surface area contributed by atoms with Gasteiger partial charge in [-0.15, -0.1) is 0 Å². The standard InChI is InChI=1S/C12H16N2O5/c1-7(15)8-3-9(13-5-8)11(18)14-6-12(2,19)4-10(16)17/h3,5,13,19H,4,6H2,1-2H3,(H,14,18)(H,16,17). The molecule has 1 unspecified atom stereocenters. The smallest absolute Gasteiger partial charge is 0.306 e. The molecule has 0 radical (unpaired) electrons. The second kappa shape index (κ2) is 5.66. The Kier molecular flexibility index (Phi) is 4.44. The van der Waals surface area contributed by atoms with Gasteiger partial charge in [0.2, 0.25) is 0 Å². The van der Waals surface area contributed by atoms with Crippen LogP contribution in [-0.2, 0) is 4.79 Å². The molecule has 0 aliphatic carbocycles. The van der Waals surface area contributed by atoms with Crippen molar-refractivity contribution in [3.8, 4) is 0 Å². The zero-order valence-corrected chi connectivity index (χ0v) is 10.7. The summed E-state index contributed by atoms with van der Waals surface area (Å²) in [4.78, 5) is 35.9. The van der Waals surface area contributed by atoms with Crippen LogP contribution in [0.2, 0.25) is 0 Å². The van der Waals surface area contributed by atoms with E-state index >= 15 is 0 Å². The number of aliphatic hydroxyl groups is 1. The topological polar surface area (TPSA) is 119 Å². The fourth-order valence-electron chi connectivity index (χ4n) is 1.48. The van der Waals surface area contributed by atoms with Gasteiger partial charge in [-0.25, -0.2) is 0 Å². The van der Waals surface area contributed by atoms with Crippen molar-refractivity contribution < 1.29 is 24.6 Å². The summed E-state index contributed by atoms with van der Waals surface area (Å²) in [6.45, 7) is 2.49. The fourth-order valence-corrected chi connectivity index (χ4v) is 1.48. The molecule has 0 aliphatic heterocycles. The van der Waals surface area contributed by atoms with E-state index in [9.17, 15) is 19.5 Å². The van der Waals surface area contributed by atoms with Gasteiger partial charge < -0.3 is 20.5 Å². The van der Waals surface area contributed by atoms with Crippen molar-refractivity contribution >= 4 is 17.7 Å². The number of ketones is 1. The van der Waals surface area contributed by atoms with Gasteiger partial charge in [0, 0.05) is 18.3 Å². The first-order chi connectivity index (χ1) is 8.71. The molecule has 7 heteroatoms. The number of rotatable bonds is 6. The molecule has 0 aliphatic rings. The summed E-state index contributed by atoms with van der Waals surface area (Å²) in [5.74, 6) is -1.84. The van der Waals surface area contributed by atoms with Gasteiger partial charge in [-0.3, -0.25) is 14.4 Å². The fraction of sp³-hybridized carbons (Fsp3) is 0.417. The van der Waals surface area contributed by atoms with E-state index in [1.807, 2.05) is 0 Å². The summed E-state index contributed by atoms with van der Waals surface area (Å²) in [7, 11) is 0. The van der Waals surface area contributed by atoms with Crippen LogP contribution in [0, 0.1) is 0 Å². The number of carboxylic acid groups (broad SMARTS) is 1. The van der Waals surface area contributed by atoms with Crippen molar-refractivity contribution in [1.29, 1.82) is 0 Å². The van der Waals surface area contributed by atoms with Gasteiger partial charge in [0.25, 0.3) is 5.91 Å². The number of aromatic amines is 1. The Morgan fingerprint density at radius 1 is 1.42 bits per heavy atom. The Hall–Kier alpha value is -2.15. The lowest BCUT2D eigenvalue weighted by Gasteiger charge is -2.21. The molecule has 104 valence electrons. The Bertz CT molecular complexity index is 504. The molecule has 0 spiro atoms. The van der Waals surface area contributed by atoms with Gasteiger partial charge in [0.05, 0.1) is 12.0 Å². The number of amides is 1. The molecule has 19 heavy (non-hydrogen) atoms. The lowest BCUT2D eigenvalue weighted by molar-refractivity contribution is -0.141. The molecule has 0 aromatic carbocycles. The van der Waals surface area contributed by atoms with Crippen molar-refractivity contribution in [3.63, 3.8) is 0 Å². The Morgan fingerprint density at radius 2 is 2.05 bits per heavy atom. The first-order valence-electron chi connectivity index (χ1n) is 5.63. The zero-order chi connectivity index (χ0) is 14.6. The van der Waals surface area contributed by atoms with Gasteiger partial charge in [-0.2, -0.15) is 0 Å². The number of hydrogen-bond acceptors (Lipinski definition) is 4. The number of carboxylic acids is 1. The number of aliphatic carboxylic acids is 1. The van der Waals surface area contributed by atoms with Crippen LogP contribution in [-0.4, -0.2) is 45.0 Å². The third-order valence-electron chi connectivity index (χ3n) is 2.50. The molecular formula is C12H16N2O5. The van der Waals surface area contributed by atoms with Gasteiger partial charge in [0.15, 0.2) is 5.78 Å². The second-order valence-electron chi connectivity index (χ2n) is 4.61. The first-order valence-corrected chi connectivity index (χ1v) is 5.63. The van der Waals surface area contributed by atoms with E-state index in [0.29, 0.717) is 5.56 Å². The monoisotopic (exact) mass is 268 g/mol. The maximum atomic E-state index is 11.7. The Labute approximate surface area is 109 Å². The molecule has 0 fully saturated rings. The van der Waals surface area contributed by atoms with Crippen molar-refractivity contribution in [3.05, 3.63) is 23.5 Å². The van der Waals surface area contributed by atoms with E-state index < -0.39 is 23.9 Å². The molecule has 4 N–H and O–H groups in total. The molecule has 7 nitrogen and oxygen atoms in total. The molecule has 0 saturated heterocycles. The maximum Gasteiger partial charge on any atom is 0.306 e. The van der Waals surface area contributed by atoms with Crippen molar-refractivity contribution in [2.45, 2.75) is 25.9 Å². The van der Waals surface area contributed by atoms with Gasteiger partial charge >= 0.3 is 5.97 Å². The number of hydrogen-bond donors (Lipinski definition) is 4. The van der Waals surface area contributed by atoms with Crippen LogP contribution in [0.1, 0.15) is 41.1 Å². The van der Waals surface area contributed by atoms with E-state index in [1.165, 1.54) is 26.1 Å². The molecule has 1 atom stereocenters. The molecule has 0 saturated carbocycles. The lowest BCUT2D eigenvalue weighted by Crippen LogP contribution is -2.42.